The molecule has 8 heteroatoms. The van der Waals surface area contributed by atoms with Gasteiger partial charge in [0, 0.05) is 36.5 Å². The van der Waals surface area contributed by atoms with Gasteiger partial charge in [0.05, 0.1) is 6.42 Å². The number of aliphatic carboxylic acids is 1. The summed E-state index contributed by atoms with van der Waals surface area (Å²) >= 11 is 0. The zero-order valence-corrected chi connectivity index (χ0v) is 14.7. The first-order valence-electron chi connectivity index (χ1n) is 8.60. The van der Waals surface area contributed by atoms with Crippen LogP contribution in [0.3, 0.4) is 0 Å². The van der Waals surface area contributed by atoms with Crippen molar-refractivity contribution >= 4 is 17.5 Å². The number of aryl methyl sites for hydroxylation is 1. The number of carbonyl (C=O) groups is 2. The Bertz CT molecular complexity index is 1110. The van der Waals surface area contributed by atoms with Gasteiger partial charge in [-0.3, -0.25) is 14.7 Å². The van der Waals surface area contributed by atoms with Gasteiger partial charge in [-0.15, -0.1) is 0 Å². The number of aromatic nitrogens is 3. The Morgan fingerprint density at radius 3 is 2.74 bits per heavy atom. The predicted octanol–water partition coefficient (Wildman–Crippen LogP) is 0.912. The predicted molar refractivity (Wildman–Crippen MR) is 96.4 cm³/mol. The van der Waals surface area contributed by atoms with Crippen molar-refractivity contribution in [2.24, 2.45) is 0 Å². The van der Waals surface area contributed by atoms with Gasteiger partial charge in [-0.25, -0.2) is 14.3 Å². The average molecular weight is 366 g/mol. The quantitative estimate of drug-likeness (QED) is 0.716. The molecule has 0 radical (unpaired) electrons. The lowest BCUT2D eigenvalue weighted by Gasteiger charge is -2.34. The van der Waals surface area contributed by atoms with E-state index < -0.39 is 17.9 Å². The van der Waals surface area contributed by atoms with Gasteiger partial charge in [-0.2, -0.15) is 0 Å². The molecule has 27 heavy (non-hydrogen) atoms. The third-order valence-electron chi connectivity index (χ3n) is 5.03. The molecule has 1 atom stereocenters. The standard InChI is InChI=1S/C19H18N4O4/c1-11-14(18(25)23-16(21-11)6-7-20-23)9-17(24)22-10-13-5-3-2-4-12(13)8-15(22)19(26)27/h2-7,15,20H,8-10H2,1H3,(H,26,27). The summed E-state index contributed by atoms with van der Waals surface area (Å²) in [5, 5.41) is 12.4. The number of rotatable bonds is 3. The van der Waals surface area contributed by atoms with Crippen molar-refractivity contribution in [1.29, 1.82) is 0 Å². The van der Waals surface area contributed by atoms with E-state index in [1.807, 2.05) is 24.3 Å². The summed E-state index contributed by atoms with van der Waals surface area (Å²) in [6.07, 6.45) is 1.66. The molecule has 0 fully saturated rings. The molecule has 0 saturated heterocycles. The van der Waals surface area contributed by atoms with Gasteiger partial charge < -0.3 is 10.0 Å². The fourth-order valence-electron chi connectivity index (χ4n) is 3.57. The first kappa shape index (κ1) is 17.0. The van der Waals surface area contributed by atoms with Crippen molar-refractivity contribution in [3.63, 3.8) is 0 Å². The Kier molecular flexibility index (Phi) is 4.02. The molecule has 0 bridgehead atoms. The molecule has 8 nitrogen and oxygen atoms in total. The van der Waals surface area contributed by atoms with E-state index in [1.54, 1.807) is 19.2 Å². The van der Waals surface area contributed by atoms with E-state index in [0.717, 1.165) is 11.1 Å². The fraction of sp³-hybridized carbons (Fsp3) is 0.263. The third kappa shape index (κ3) is 2.88. The van der Waals surface area contributed by atoms with E-state index in [9.17, 15) is 19.5 Å². The van der Waals surface area contributed by atoms with Crippen LogP contribution in [0.15, 0.2) is 41.3 Å². The molecule has 0 aliphatic carbocycles. The maximum absolute atomic E-state index is 12.9. The Morgan fingerprint density at radius 2 is 2.00 bits per heavy atom. The Morgan fingerprint density at radius 1 is 1.26 bits per heavy atom. The fourth-order valence-corrected chi connectivity index (χ4v) is 3.57. The van der Waals surface area contributed by atoms with Gasteiger partial charge in [0.2, 0.25) is 5.91 Å². The second kappa shape index (κ2) is 6.39. The molecule has 1 aromatic carbocycles. The molecule has 4 rings (SSSR count). The number of hydrogen-bond acceptors (Lipinski definition) is 4. The van der Waals surface area contributed by atoms with Gasteiger partial charge in [0.25, 0.3) is 5.56 Å². The third-order valence-corrected chi connectivity index (χ3v) is 5.03. The minimum Gasteiger partial charge on any atom is -0.480 e. The zero-order chi connectivity index (χ0) is 19.1. The van der Waals surface area contributed by atoms with E-state index in [0.29, 0.717) is 11.3 Å². The Labute approximate surface area is 154 Å². The molecule has 0 spiro atoms. The van der Waals surface area contributed by atoms with E-state index in [4.69, 9.17) is 0 Å². The minimum absolute atomic E-state index is 0.189. The summed E-state index contributed by atoms with van der Waals surface area (Å²) in [6, 6.07) is 8.21. The van der Waals surface area contributed by atoms with Gasteiger partial charge >= 0.3 is 5.97 Å². The normalized spacial score (nSPS) is 16.3. The monoisotopic (exact) mass is 366 g/mol. The second-order valence-corrected chi connectivity index (χ2v) is 6.66. The summed E-state index contributed by atoms with van der Waals surface area (Å²) < 4.78 is 1.27. The second-order valence-electron chi connectivity index (χ2n) is 6.66. The highest BCUT2D eigenvalue weighted by molar-refractivity contribution is 5.86. The lowest BCUT2D eigenvalue weighted by Crippen LogP contribution is -2.49. The molecule has 3 aromatic rings. The highest BCUT2D eigenvalue weighted by Gasteiger charge is 2.34. The molecule has 0 saturated carbocycles. The van der Waals surface area contributed by atoms with Crippen LogP contribution in [-0.2, 0) is 29.0 Å². The summed E-state index contributed by atoms with van der Waals surface area (Å²) in [5.74, 6) is -1.45. The minimum atomic E-state index is -1.05. The van der Waals surface area contributed by atoms with Crippen LogP contribution in [-0.4, -0.2) is 42.5 Å². The van der Waals surface area contributed by atoms with Crippen molar-refractivity contribution in [3.05, 3.63) is 69.3 Å². The highest BCUT2D eigenvalue weighted by atomic mass is 16.4. The first-order valence-corrected chi connectivity index (χ1v) is 8.60. The summed E-state index contributed by atoms with van der Waals surface area (Å²) in [6.45, 7) is 1.89. The van der Waals surface area contributed by atoms with Crippen LogP contribution < -0.4 is 5.56 Å². The molecular weight excluding hydrogens is 348 g/mol. The van der Waals surface area contributed by atoms with Crippen LogP contribution in [0.4, 0.5) is 0 Å². The van der Waals surface area contributed by atoms with E-state index >= 15 is 0 Å². The van der Waals surface area contributed by atoms with Gasteiger partial charge in [0.15, 0.2) is 5.65 Å². The molecule has 1 amide bonds. The molecule has 1 aliphatic rings. The van der Waals surface area contributed by atoms with Crippen LogP contribution in [0.25, 0.3) is 5.65 Å². The molecule has 3 heterocycles. The van der Waals surface area contributed by atoms with E-state index in [-0.39, 0.29) is 30.5 Å². The van der Waals surface area contributed by atoms with Crippen molar-refractivity contribution in [2.75, 3.05) is 0 Å². The SMILES string of the molecule is Cc1nc2cc[nH]n2c(=O)c1CC(=O)N1Cc2ccccc2CC1C(=O)O. The maximum Gasteiger partial charge on any atom is 0.326 e. The molecule has 1 aliphatic heterocycles. The molecule has 1 unspecified atom stereocenters. The first-order chi connectivity index (χ1) is 13.0. The van der Waals surface area contributed by atoms with Crippen molar-refractivity contribution in [3.8, 4) is 0 Å². The number of carboxylic acids is 1. The van der Waals surface area contributed by atoms with Crippen molar-refractivity contribution < 1.29 is 14.7 Å². The number of H-pyrrole nitrogens is 1. The van der Waals surface area contributed by atoms with Gasteiger partial charge in [0.1, 0.15) is 6.04 Å². The van der Waals surface area contributed by atoms with E-state index in [1.165, 1.54) is 9.42 Å². The average Bonchev–Trinajstić information content (AvgIpc) is 3.12. The van der Waals surface area contributed by atoms with Gasteiger partial charge in [-0.1, -0.05) is 24.3 Å². The highest BCUT2D eigenvalue weighted by Crippen LogP contribution is 2.24. The van der Waals surface area contributed by atoms with Crippen LogP contribution in [0, 0.1) is 6.92 Å². The Balaban J connectivity index is 1.68. The van der Waals surface area contributed by atoms with Gasteiger partial charge in [-0.05, 0) is 18.1 Å². The molecular formula is C19H18N4O4. The van der Waals surface area contributed by atoms with Crippen molar-refractivity contribution in [2.45, 2.75) is 32.4 Å². The summed E-state index contributed by atoms with van der Waals surface area (Å²) in [7, 11) is 0. The number of fused-ring (bicyclic) bond motifs is 2. The maximum atomic E-state index is 12.9. The number of nitrogens with zero attached hydrogens (tertiary/aromatic N) is 3. The number of amides is 1. The number of hydrogen-bond donors (Lipinski definition) is 2. The van der Waals surface area contributed by atoms with Crippen LogP contribution in [0.5, 0.6) is 0 Å². The molecule has 2 aromatic heterocycles. The lowest BCUT2D eigenvalue weighted by atomic mass is 9.93. The van der Waals surface area contributed by atoms with E-state index in [2.05, 4.69) is 10.1 Å². The summed E-state index contributed by atoms with van der Waals surface area (Å²) in [5.41, 5.74) is 2.72. The number of carbonyl (C=O) groups excluding carboxylic acids is 1. The summed E-state index contributed by atoms with van der Waals surface area (Å²) in [4.78, 5) is 43.0. The van der Waals surface area contributed by atoms with Crippen molar-refractivity contribution in [1.82, 2.24) is 19.5 Å². The topological polar surface area (TPSA) is 108 Å². The Hall–Kier alpha value is -3.42. The number of carboxylic acid groups (broad SMARTS) is 1. The zero-order valence-electron chi connectivity index (χ0n) is 14.7. The number of aromatic amines is 1. The van der Waals surface area contributed by atoms with Crippen LogP contribution in [0.1, 0.15) is 22.4 Å². The number of nitrogens with one attached hydrogen (secondary N) is 1. The van der Waals surface area contributed by atoms with Crippen LogP contribution >= 0.6 is 0 Å². The lowest BCUT2D eigenvalue weighted by molar-refractivity contribution is -0.151. The van der Waals surface area contributed by atoms with Crippen LogP contribution in [0.2, 0.25) is 0 Å². The molecule has 138 valence electrons. The largest absolute Gasteiger partial charge is 0.480 e. The smallest absolute Gasteiger partial charge is 0.326 e. The number of benzene rings is 1. The molecule has 2 N–H and O–H groups in total.